The smallest absolute Gasteiger partial charge is 1.00 e. The first-order chi connectivity index (χ1) is 22.2. The molecule has 2 fully saturated rings. The number of hydrogen-bond donors (Lipinski definition) is 4. The van der Waals surface area contributed by atoms with Gasteiger partial charge < -0.3 is 56.0 Å². The van der Waals surface area contributed by atoms with Crippen molar-refractivity contribution in [3.8, 4) is 0 Å². The number of hydrogen-bond acceptors (Lipinski definition) is 1. The predicted octanol–water partition coefficient (Wildman–Crippen LogP) is 3.47. The fraction of sp³-hybridized carbons (Fsp3) is 0.463. The minimum Gasteiger partial charge on any atom is -1.00 e. The Bertz CT molecular complexity index is 1360. The third kappa shape index (κ3) is 22.2. The summed E-state index contributed by atoms with van der Waals surface area (Å²) in [6.07, 6.45) is 5.21. The van der Waals surface area contributed by atoms with Gasteiger partial charge in [0.2, 0.25) is 0 Å². The van der Waals surface area contributed by atoms with Crippen LogP contribution in [0.4, 0.5) is 18.9 Å². The third-order valence-electron chi connectivity index (χ3n) is 8.83. The average molecular weight is 828 g/mol. The predicted molar refractivity (Wildman–Crippen MR) is 208 cm³/mol. The number of nitrogens with two attached hydrogens (primary N) is 1. The Labute approximate surface area is 342 Å². The van der Waals surface area contributed by atoms with E-state index in [1.165, 1.54) is 50.5 Å². The third-order valence-corrected chi connectivity index (χ3v) is 9.05. The van der Waals surface area contributed by atoms with E-state index < -0.39 is 11.7 Å². The summed E-state index contributed by atoms with van der Waals surface area (Å²) in [6.45, 7) is 12.3. The molecule has 296 valence electrons. The van der Waals surface area contributed by atoms with Crippen LogP contribution in [0, 0.1) is 39.5 Å². The molecule has 0 amide bonds. The van der Waals surface area contributed by atoms with Gasteiger partial charge in [-0.1, -0.05) is 101 Å². The molecular weight excluding hydrogens is 764 g/mol. The van der Waals surface area contributed by atoms with Gasteiger partial charge in [0.25, 0.3) is 0 Å². The number of aryl methyl sites for hydroxylation is 1. The molecule has 4 nitrogen and oxygen atoms in total. The van der Waals surface area contributed by atoms with Gasteiger partial charge >= 0.3 is 23.2 Å². The Morgan fingerprint density at radius 2 is 1.37 bits per heavy atom. The fourth-order valence-electron chi connectivity index (χ4n) is 6.03. The minimum absolute atomic E-state index is 0. The Kier molecular flexibility index (Phi) is 31.8. The summed E-state index contributed by atoms with van der Waals surface area (Å²) in [4.78, 5) is 0. The molecule has 52 heavy (non-hydrogen) atoms. The molecule has 4 atom stereocenters. The van der Waals surface area contributed by atoms with E-state index in [0.717, 1.165) is 29.3 Å². The van der Waals surface area contributed by atoms with Gasteiger partial charge in [0.15, 0.2) is 10.8 Å². The molecule has 0 radical (unpaired) electrons. The molecule has 0 spiro atoms. The normalized spacial score (nSPS) is 16.8. The van der Waals surface area contributed by atoms with Crippen LogP contribution < -0.4 is 46.6 Å². The number of alkyl halides is 3. The largest absolute Gasteiger partial charge is 2.00 e. The van der Waals surface area contributed by atoms with Crippen molar-refractivity contribution in [2.75, 3.05) is 5.32 Å². The van der Waals surface area contributed by atoms with Crippen molar-refractivity contribution in [3.63, 3.8) is 0 Å². The van der Waals surface area contributed by atoms with Gasteiger partial charge in [-0.3, -0.25) is 5.41 Å². The van der Waals surface area contributed by atoms with Gasteiger partial charge in [0, 0.05) is 29.8 Å². The molecule has 0 saturated heterocycles. The van der Waals surface area contributed by atoms with E-state index in [1.54, 1.807) is 13.0 Å². The van der Waals surface area contributed by atoms with Crippen molar-refractivity contribution < 1.29 is 66.2 Å². The number of rotatable bonds is 5. The number of quaternary nitrogens is 1. The minimum atomic E-state index is -4.36. The summed E-state index contributed by atoms with van der Waals surface area (Å²) < 4.78 is 38.6. The SMILES string of the molecule is CC(=[NH2+])c1ccccc1.CC1CCCC1.C[C@H]([NH3+])c1ccccc1.Cc1cc(NC(=S)N[C@@H](C)C2CCCC2C)cc(C(F)(F)F)c1.[CH3-].[CH3-].[Cl-].[Cl-].[Fe+2]. The van der Waals surface area contributed by atoms with E-state index in [0.29, 0.717) is 34.2 Å². The Hall–Kier alpha value is -2.13. The van der Waals surface area contributed by atoms with Crippen LogP contribution in [0.2, 0.25) is 0 Å². The first kappa shape index (κ1) is 56.6. The molecule has 0 heterocycles. The molecule has 2 aliphatic carbocycles. The molecule has 2 aliphatic rings. The molecule has 5 rings (SSSR count). The van der Waals surface area contributed by atoms with Crippen LogP contribution in [-0.2, 0) is 23.2 Å². The summed E-state index contributed by atoms with van der Waals surface area (Å²) in [5.41, 5.74) is 7.43. The van der Waals surface area contributed by atoms with Gasteiger partial charge in [0.05, 0.1) is 5.56 Å². The summed E-state index contributed by atoms with van der Waals surface area (Å²) in [5.74, 6) is 2.25. The van der Waals surface area contributed by atoms with Crippen LogP contribution in [0.1, 0.15) is 108 Å². The monoisotopic (exact) mass is 826 g/mol. The molecule has 0 aromatic heterocycles. The Morgan fingerprint density at radius 1 is 0.846 bits per heavy atom. The molecule has 0 bridgehead atoms. The Balaban J connectivity index is -0.000000330. The molecule has 2 unspecified atom stereocenters. The van der Waals surface area contributed by atoms with Crippen molar-refractivity contribution in [1.29, 1.82) is 0 Å². The maximum absolute atomic E-state index is 12.9. The molecule has 0 aliphatic heterocycles. The van der Waals surface area contributed by atoms with Crippen LogP contribution in [0.25, 0.3) is 0 Å². The van der Waals surface area contributed by atoms with Crippen LogP contribution in [0.15, 0.2) is 78.9 Å². The second kappa shape index (κ2) is 29.3. The standard InChI is InChI=1S/C17H23F3N2S.C8H11N.C8H9N.C6H12.2CH3.2ClH.Fe/c1-10-7-13(17(18,19)20)9-14(8-10)22-16(23)21-12(3)15-6-4-5-11(15)2;2*1-7(9)8-5-3-2-4-6-8;1-6-4-2-3-5-6;;;;;/h7-9,11-12,15H,4-6H2,1-3H3,(H2,21,22,23);2-7H,9H2,1H3;2-6,9H,1H3;6H,2-5H2,1H3;2*1H3;2*1H;/q;;;;2*-1;;;+2/t11?,12-,15?;7-;;;;;;;/m00......./s1. The first-order valence-corrected chi connectivity index (χ1v) is 17.4. The molecule has 2 saturated carbocycles. The number of benzene rings is 3. The summed E-state index contributed by atoms with van der Waals surface area (Å²) in [6, 6.07) is 24.7. The first-order valence-electron chi connectivity index (χ1n) is 17.0. The maximum Gasteiger partial charge on any atom is 2.00 e. The van der Waals surface area contributed by atoms with E-state index in [1.807, 2.05) is 55.5 Å². The average Bonchev–Trinajstić information content (AvgIpc) is 3.69. The van der Waals surface area contributed by atoms with Gasteiger partial charge in [-0.05, 0) is 93.1 Å². The second-order valence-electron chi connectivity index (χ2n) is 13.3. The number of nitrogens with one attached hydrogen (secondary N) is 2. The van der Waals surface area contributed by atoms with Gasteiger partial charge in [-0.15, -0.1) is 0 Å². The van der Waals surface area contributed by atoms with Gasteiger partial charge in [-0.2, -0.15) is 13.2 Å². The molecule has 3 aromatic rings. The van der Waals surface area contributed by atoms with Crippen LogP contribution in [0.5, 0.6) is 0 Å². The number of thiocarbonyl (C=S) groups is 1. The maximum atomic E-state index is 12.9. The summed E-state index contributed by atoms with van der Waals surface area (Å²) in [7, 11) is 0. The molecule has 3 aromatic carbocycles. The summed E-state index contributed by atoms with van der Waals surface area (Å²) >= 11 is 5.26. The van der Waals surface area contributed by atoms with E-state index in [-0.39, 0.29) is 62.8 Å². The molecule has 7 N–H and O–H groups in total. The van der Waals surface area contributed by atoms with Crippen LogP contribution >= 0.6 is 12.2 Å². The zero-order valence-electron chi connectivity index (χ0n) is 32.3. The fourth-order valence-corrected chi connectivity index (χ4v) is 6.33. The molecule has 11 heteroatoms. The zero-order chi connectivity index (χ0) is 35.0. The quantitative estimate of drug-likeness (QED) is 0.138. The number of halogens is 5. The van der Waals surface area contributed by atoms with Crippen molar-refractivity contribution in [2.45, 2.75) is 105 Å². The van der Waals surface area contributed by atoms with Crippen molar-refractivity contribution in [2.24, 2.45) is 17.8 Å². The van der Waals surface area contributed by atoms with Gasteiger partial charge in [-0.25, -0.2) is 0 Å². The van der Waals surface area contributed by atoms with E-state index in [9.17, 15) is 13.2 Å². The van der Waals surface area contributed by atoms with Crippen molar-refractivity contribution >= 4 is 28.7 Å². The van der Waals surface area contributed by atoms with Crippen molar-refractivity contribution in [1.82, 2.24) is 5.32 Å². The molecular formula is C41H63Cl2F3FeN4S. The van der Waals surface area contributed by atoms with E-state index in [4.69, 9.17) is 17.6 Å². The Morgan fingerprint density at radius 3 is 1.73 bits per heavy atom. The van der Waals surface area contributed by atoms with Crippen LogP contribution in [-0.4, -0.2) is 16.9 Å². The summed E-state index contributed by atoms with van der Waals surface area (Å²) in [5, 5.41) is 12.0. The number of anilines is 1. The van der Waals surface area contributed by atoms with Gasteiger partial charge in [0.1, 0.15) is 6.04 Å². The van der Waals surface area contributed by atoms with E-state index >= 15 is 0 Å². The zero-order valence-corrected chi connectivity index (χ0v) is 35.7. The van der Waals surface area contributed by atoms with Crippen molar-refractivity contribution in [3.05, 3.63) is 116 Å². The topological polar surface area (TPSA) is 77.3 Å². The second-order valence-corrected chi connectivity index (χ2v) is 13.7. The van der Waals surface area contributed by atoms with E-state index in [2.05, 4.69) is 56.2 Å². The van der Waals surface area contributed by atoms with Crippen LogP contribution in [0.3, 0.4) is 0 Å².